The molecule has 0 aliphatic rings. The van der Waals surface area contributed by atoms with E-state index in [-0.39, 0.29) is 17.7 Å². The van der Waals surface area contributed by atoms with Gasteiger partial charge in [0, 0.05) is 13.1 Å². The fourth-order valence-corrected chi connectivity index (χ4v) is 2.01. The van der Waals surface area contributed by atoms with Gasteiger partial charge in [-0.3, -0.25) is 4.79 Å². The Morgan fingerprint density at radius 3 is 2.41 bits per heavy atom. The van der Waals surface area contributed by atoms with Crippen LogP contribution >= 0.6 is 0 Å². The SMILES string of the molecule is CCC(CC)N(C)C(=O)c1ccc(C)cc1O. The van der Waals surface area contributed by atoms with Crippen molar-refractivity contribution in [1.29, 1.82) is 0 Å². The number of carbonyl (C=O) groups is 1. The molecule has 0 aliphatic carbocycles. The molecule has 3 nitrogen and oxygen atoms in total. The van der Waals surface area contributed by atoms with E-state index in [2.05, 4.69) is 13.8 Å². The maximum atomic E-state index is 12.2. The quantitative estimate of drug-likeness (QED) is 0.871. The lowest BCUT2D eigenvalue weighted by Gasteiger charge is -2.26. The first-order valence-electron chi connectivity index (χ1n) is 6.08. The minimum absolute atomic E-state index is 0.0628. The summed E-state index contributed by atoms with van der Waals surface area (Å²) in [6.45, 7) is 6.01. The molecule has 0 saturated carbocycles. The molecule has 1 aromatic carbocycles. The highest BCUT2D eigenvalue weighted by Gasteiger charge is 2.20. The normalized spacial score (nSPS) is 10.6. The predicted molar refractivity (Wildman–Crippen MR) is 69.3 cm³/mol. The van der Waals surface area contributed by atoms with Crippen LogP contribution in [-0.4, -0.2) is 29.0 Å². The summed E-state index contributed by atoms with van der Waals surface area (Å²) in [6.07, 6.45) is 1.84. The van der Waals surface area contributed by atoms with Gasteiger partial charge >= 0.3 is 0 Å². The number of benzene rings is 1. The molecule has 1 aromatic rings. The Morgan fingerprint density at radius 1 is 1.35 bits per heavy atom. The van der Waals surface area contributed by atoms with Gasteiger partial charge in [0.25, 0.3) is 5.91 Å². The van der Waals surface area contributed by atoms with Crippen LogP contribution in [0, 0.1) is 6.92 Å². The van der Waals surface area contributed by atoms with Gasteiger partial charge in [-0.15, -0.1) is 0 Å². The molecule has 0 aliphatic heterocycles. The molecule has 3 heteroatoms. The van der Waals surface area contributed by atoms with E-state index >= 15 is 0 Å². The highest BCUT2D eigenvalue weighted by molar-refractivity contribution is 5.96. The fraction of sp³-hybridized carbons (Fsp3) is 0.500. The van der Waals surface area contributed by atoms with Crippen molar-refractivity contribution in [3.63, 3.8) is 0 Å². The first-order valence-corrected chi connectivity index (χ1v) is 6.08. The Hall–Kier alpha value is -1.51. The van der Waals surface area contributed by atoms with Crippen LogP contribution in [0.4, 0.5) is 0 Å². The summed E-state index contributed by atoms with van der Waals surface area (Å²) in [5, 5.41) is 9.79. The van der Waals surface area contributed by atoms with E-state index in [9.17, 15) is 9.90 Å². The lowest BCUT2D eigenvalue weighted by atomic mass is 10.1. The molecule has 17 heavy (non-hydrogen) atoms. The number of phenolic OH excluding ortho intramolecular Hbond substituents is 1. The molecule has 94 valence electrons. The number of rotatable bonds is 4. The standard InChI is InChI=1S/C14H21NO2/c1-5-11(6-2)15(4)14(17)12-8-7-10(3)9-13(12)16/h7-9,11,16H,5-6H2,1-4H3. The maximum Gasteiger partial charge on any atom is 0.257 e. The van der Waals surface area contributed by atoms with Crippen LogP contribution in [0.1, 0.15) is 42.6 Å². The molecule has 1 rings (SSSR count). The van der Waals surface area contributed by atoms with Crippen molar-refractivity contribution in [2.45, 2.75) is 39.7 Å². The van der Waals surface area contributed by atoms with Crippen LogP contribution in [0.15, 0.2) is 18.2 Å². The summed E-state index contributed by atoms with van der Waals surface area (Å²) < 4.78 is 0. The van der Waals surface area contributed by atoms with E-state index in [0.29, 0.717) is 5.56 Å². The third kappa shape index (κ3) is 2.99. The Bertz CT molecular complexity index is 397. The van der Waals surface area contributed by atoms with E-state index in [1.165, 1.54) is 0 Å². The topological polar surface area (TPSA) is 40.5 Å². The number of hydrogen-bond donors (Lipinski definition) is 1. The molecular formula is C14H21NO2. The van der Waals surface area contributed by atoms with Gasteiger partial charge in [-0.05, 0) is 37.5 Å². The van der Waals surface area contributed by atoms with E-state index in [1.54, 1.807) is 24.1 Å². The molecule has 0 spiro atoms. The summed E-state index contributed by atoms with van der Waals surface area (Å²) >= 11 is 0. The van der Waals surface area contributed by atoms with Gasteiger partial charge in [-0.25, -0.2) is 0 Å². The Balaban J connectivity index is 2.96. The second-order valence-electron chi connectivity index (χ2n) is 4.41. The zero-order chi connectivity index (χ0) is 13.0. The third-order valence-corrected chi connectivity index (χ3v) is 3.19. The summed E-state index contributed by atoms with van der Waals surface area (Å²) in [7, 11) is 1.79. The van der Waals surface area contributed by atoms with Crippen molar-refractivity contribution >= 4 is 5.91 Å². The Labute approximate surface area is 103 Å². The predicted octanol–water partition coefficient (Wildman–Crippen LogP) is 2.96. The van der Waals surface area contributed by atoms with Crippen molar-refractivity contribution in [2.75, 3.05) is 7.05 Å². The minimum atomic E-state index is -0.115. The van der Waals surface area contributed by atoms with E-state index < -0.39 is 0 Å². The smallest absolute Gasteiger partial charge is 0.257 e. The number of aromatic hydroxyl groups is 1. The van der Waals surface area contributed by atoms with Gasteiger partial charge in [0.15, 0.2) is 0 Å². The lowest BCUT2D eigenvalue weighted by molar-refractivity contribution is 0.0720. The van der Waals surface area contributed by atoms with E-state index in [1.807, 2.05) is 13.0 Å². The maximum absolute atomic E-state index is 12.2. The van der Waals surface area contributed by atoms with Crippen LogP contribution in [0.5, 0.6) is 5.75 Å². The number of amides is 1. The lowest BCUT2D eigenvalue weighted by Crippen LogP contribution is -2.36. The van der Waals surface area contributed by atoms with Crippen molar-refractivity contribution in [3.05, 3.63) is 29.3 Å². The number of phenols is 1. The summed E-state index contributed by atoms with van der Waals surface area (Å²) in [6, 6.07) is 5.37. The minimum Gasteiger partial charge on any atom is -0.507 e. The number of nitrogens with zero attached hydrogens (tertiary/aromatic N) is 1. The van der Waals surface area contributed by atoms with Crippen molar-refractivity contribution in [3.8, 4) is 5.75 Å². The molecule has 1 N–H and O–H groups in total. The second kappa shape index (κ2) is 5.71. The van der Waals surface area contributed by atoms with Gasteiger partial charge in [-0.2, -0.15) is 0 Å². The molecule has 0 heterocycles. The molecule has 0 aromatic heterocycles. The summed E-state index contributed by atoms with van der Waals surface area (Å²) in [4.78, 5) is 13.9. The average Bonchev–Trinajstić information content (AvgIpc) is 2.29. The molecule has 0 bridgehead atoms. The number of hydrogen-bond acceptors (Lipinski definition) is 2. The Morgan fingerprint density at radius 2 is 1.94 bits per heavy atom. The van der Waals surface area contributed by atoms with Crippen molar-refractivity contribution < 1.29 is 9.90 Å². The zero-order valence-corrected chi connectivity index (χ0v) is 11.0. The molecule has 0 unspecified atom stereocenters. The van der Waals surface area contributed by atoms with Crippen LogP contribution in [0.2, 0.25) is 0 Å². The van der Waals surface area contributed by atoms with Crippen LogP contribution < -0.4 is 0 Å². The van der Waals surface area contributed by atoms with E-state index in [0.717, 1.165) is 18.4 Å². The molecular weight excluding hydrogens is 214 g/mol. The van der Waals surface area contributed by atoms with Gasteiger partial charge in [0.1, 0.15) is 5.75 Å². The molecule has 0 saturated heterocycles. The molecule has 0 atom stereocenters. The highest BCUT2D eigenvalue weighted by Crippen LogP contribution is 2.21. The van der Waals surface area contributed by atoms with Gasteiger partial charge in [0.05, 0.1) is 5.56 Å². The number of aryl methyl sites for hydroxylation is 1. The Kier molecular flexibility index (Phi) is 4.55. The second-order valence-corrected chi connectivity index (χ2v) is 4.41. The molecule has 1 amide bonds. The molecule has 0 radical (unpaired) electrons. The monoisotopic (exact) mass is 235 g/mol. The zero-order valence-electron chi connectivity index (χ0n) is 11.0. The average molecular weight is 235 g/mol. The van der Waals surface area contributed by atoms with Crippen molar-refractivity contribution in [2.24, 2.45) is 0 Å². The van der Waals surface area contributed by atoms with Crippen LogP contribution in [0.25, 0.3) is 0 Å². The fourth-order valence-electron chi connectivity index (χ4n) is 2.01. The highest BCUT2D eigenvalue weighted by atomic mass is 16.3. The van der Waals surface area contributed by atoms with Crippen LogP contribution in [-0.2, 0) is 0 Å². The summed E-state index contributed by atoms with van der Waals surface area (Å²) in [5.74, 6) is -0.0518. The van der Waals surface area contributed by atoms with Gasteiger partial charge in [0.2, 0.25) is 0 Å². The number of carbonyl (C=O) groups excluding carboxylic acids is 1. The first kappa shape index (κ1) is 13.6. The van der Waals surface area contributed by atoms with Gasteiger partial charge < -0.3 is 10.0 Å². The largest absolute Gasteiger partial charge is 0.507 e. The third-order valence-electron chi connectivity index (χ3n) is 3.19. The first-order chi connectivity index (χ1) is 8.01. The van der Waals surface area contributed by atoms with Crippen molar-refractivity contribution in [1.82, 2.24) is 4.90 Å². The molecule has 0 fully saturated rings. The van der Waals surface area contributed by atoms with E-state index in [4.69, 9.17) is 0 Å². The van der Waals surface area contributed by atoms with Crippen LogP contribution in [0.3, 0.4) is 0 Å². The summed E-state index contributed by atoms with van der Waals surface area (Å²) in [5.41, 5.74) is 1.33. The van der Waals surface area contributed by atoms with Gasteiger partial charge in [-0.1, -0.05) is 19.9 Å².